The lowest BCUT2D eigenvalue weighted by Crippen LogP contribution is -2.46. The fourth-order valence-corrected chi connectivity index (χ4v) is 2.69. The first kappa shape index (κ1) is 17.0. The molecule has 1 aromatic carbocycles. The Hall–Kier alpha value is -2.83. The minimum absolute atomic E-state index is 0.00650. The van der Waals surface area contributed by atoms with Crippen LogP contribution in [0.1, 0.15) is 12.8 Å². The highest BCUT2D eigenvalue weighted by atomic mass is 16.5. The van der Waals surface area contributed by atoms with Crippen LogP contribution < -0.4 is 14.2 Å². The Labute approximate surface area is 146 Å². The quantitative estimate of drug-likeness (QED) is 0.798. The predicted molar refractivity (Wildman–Crippen MR) is 90.8 cm³/mol. The summed E-state index contributed by atoms with van der Waals surface area (Å²) in [5.41, 5.74) is 0. The van der Waals surface area contributed by atoms with Gasteiger partial charge in [-0.3, -0.25) is 4.79 Å². The molecular formula is C18H21N3O4. The summed E-state index contributed by atoms with van der Waals surface area (Å²) in [5, 5.41) is 0. The standard InChI is InChI=1S/C18H21N3O4/c1-23-14-4-6-15(7-5-14)24-12-18(22)21-10-2-3-16(11-21)25-17-8-9-19-13-20-17/h4-9,13,16H,2-3,10-12H2,1H3. The highest BCUT2D eigenvalue weighted by Crippen LogP contribution is 2.18. The monoisotopic (exact) mass is 343 g/mol. The Morgan fingerprint density at radius 2 is 2.04 bits per heavy atom. The van der Waals surface area contributed by atoms with Crippen LogP contribution in [0.15, 0.2) is 42.9 Å². The maximum absolute atomic E-state index is 12.4. The third-order valence-corrected chi connectivity index (χ3v) is 3.99. The lowest BCUT2D eigenvalue weighted by Gasteiger charge is -2.32. The SMILES string of the molecule is COc1ccc(OCC(=O)N2CCCC(Oc3ccncn3)C2)cc1. The Bertz CT molecular complexity index is 678. The molecule has 0 radical (unpaired) electrons. The summed E-state index contributed by atoms with van der Waals surface area (Å²) < 4.78 is 16.5. The smallest absolute Gasteiger partial charge is 0.260 e. The Morgan fingerprint density at radius 3 is 2.76 bits per heavy atom. The van der Waals surface area contributed by atoms with Crippen LogP contribution >= 0.6 is 0 Å². The molecule has 0 spiro atoms. The van der Waals surface area contributed by atoms with Crippen molar-refractivity contribution in [1.82, 2.24) is 14.9 Å². The molecule has 2 heterocycles. The lowest BCUT2D eigenvalue weighted by atomic mass is 10.1. The summed E-state index contributed by atoms with van der Waals surface area (Å²) in [7, 11) is 1.61. The molecule has 1 aromatic heterocycles. The predicted octanol–water partition coefficient (Wildman–Crippen LogP) is 1.93. The molecule has 1 amide bonds. The molecule has 0 N–H and O–H groups in total. The second-order valence-electron chi connectivity index (χ2n) is 5.73. The Morgan fingerprint density at radius 1 is 1.24 bits per heavy atom. The molecule has 7 nitrogen and oxygen atoms in total. The number of piperidine rings is 1. The van der Waals surface area contributed by atoms with Crippen molar-refractivity contribution in [3.63, 3.8) is 0 Å². The molecule has 7 heteroatoms. The van der Waals surface area contributed by atoms with Gasteiger partial charge in [0, 0.05) is 18.8 Å². The molecule has 132 valence electrons. The number of carbonyl (C=O) groups is 1. The van der Waals surface area contributed by atoms with E-state index in [0.717, 1.165) is 18.6 Å². The number of hydrogen-bond donors (Lipinski definition) is 0. The van der Waals surface area contributed by atoms with Crippen molar-refractivity contribution in [1.29, 1.82) is 0 Å². The molecule has 3 rings (SSSR count). The number of nitrogens with zero attached hydrogens (tertiary/aromatic N) is 3. The summed E-state index contributed by atoms with van der Waals surface area (Å²) in [5.74, 6) is 1.87. The van der Waals surface area contributed by atoms with E-state index >= 15 is 0 Å². The van der Waals surface area contributed by atoms with Crippen LogP contribution in [0, 0.1) is 0 Å². The summed E-state index contributed by atoms with van der Waals surface area (Å²) >= 11 is 0. The molecule has 1 fully saturated rings. The van der Waals surface area contributed by atoms with Gasteiger partial charge in [0.15, 0.2) is 6.61 Å². The van der Waals surface area contributed by atoms with Crippen LogP contribution in [0.3, 0.4) is 0 Å². The second-order valence-corrected chi connectivity index (χ2v) is 5.73. The van der Waals surface area contributed by atoms with Crippen molar-refractivity contribution < 1.29 is 19.0 Å². The van der Waals surface area contributed by atoms with Crippen molar-refractivity contribution >= 4 is 5.91 Å². The number of carbonyl (C=O) groups excluding carboxylic acids is 1. The summed E-state index contributed by atoms with van der Waals surface area (Å²) in [4.78, 5) is 22.1. The van der Waals surface area contributed by atoms with Crippen molar-refractivity contribution in [2.24, 2.45) is 0 Å². The fraction of sp³-hybridized carbons (Fsp3) is 0.389. The number of aromatic nitrogens is 2. The van der Waals surface area contributed by atoms with E-state index < -0.39 is 0 Å². The van der Waals surface area contributed by atoms with Gasteiger partial charge in [-0.15, -0.1) is 0 Å². The van der Waals surface area contributed by atoms with E-state index in [-0.39, 0.29) is 18.6 Å². The zero-order valence-corrected chi connectivity index (χ0v) is 14.1. The number of ether oxygens (including phenoxy) is 3. The molecule has 25 heavy (non-hydrogen) atoms. The molecule has 0 bridgehead atoms. The molecule has 1 atom stereocenters. The molecule has 1 saturated heterocycles. The van der Waals surface area contributed by atoms with Crippen LogP contribution in [0.5, 0.6) is 17.4 Å². The van der Waals surface area contributed by atoms with Crippen LogP contribution in [0.4, 0.5) is 0 Å². The van der Waals surface area contributed by atoms with E-state index in [2.05, 4.69) is 9.97 Å². The van der Waals surface area contributed by atoms with Gasteiger partial charge in [-0.1, -0.05) is 0 Å². The third-order valence-electron chi connectivity index (χ3n) is 3.99. The minimum atomic E-state index is -0.0615. The van der Waals surface area contributed by atoms with E-state index in [0.29, 0.717) is 24.7 Å². The van der Waals surface area contributed by atoms with Crippen molar-refractivity contribution in [2.75, 3.05) is 26.8 Å². The van der Waals surface area contributed by atoms with Gasteiger partial charge in [-0.2, -0.15) is 0 Å². The molecule has 0 saturated carbocycles. The van der Waals surface area contributed by atoms with E-state index in [4.69, 9.17) is 14.2 Å². The normalized spacial score (nSPS) is 17.0. The van der Waals surface area contributed by atoms with Gasteiger partial charge >= 0.3 is 0 Å². The number of hydrogen-bond acceptors (Lipinski definition) is 6. The second kappa shape index (κ2) is 8.32. The van der Waals surface area contributed by atoms with Crippen molar-refractivity contribution in [3.8, 4) is 17.4 Å². The van der Waals surface area contributed by atoms with Crippen LogP contribution in [0.2, 0.25) is 0 Å². The van der Waals surface area contributed by atoms with Gasteiger partial charge < -0.3 is 19.1 Å². The van der Waals surface area contributed by atoms with Crippen LogP contribution in [0.25, 0.3) is 0 Å². The van der Waals surface area contributed by atoms with Crippen molar-refractivity contribution in [2.45, 2.75) is 18.9 Å². The van der Waals surface area contributed by atoms with E-state index in [1.807, 2.05) is 0 Å². The number of amides is 1. The molecule has 1 unspecified atom stereocenters. The lowest BCUT2D eigenvalue weighted by molar-refractivity contribution is -0.136. The number of rotatable bonds is 6. The Balaban J connectivity index is 1.49. The molecule has 1 aliphatic heterocycles. The first-order chi connectivity index (χ1) is 12.2. The van der Waals surface area contributed by atoms with Gasteiger partial charge in [-0.05, 0) is 37.1 Å². The highest BCUT2D eigenvalue weighted by Gasteiger charge is 2.25. The van der Waals surface area contributed by atoms with E-state index in [1.165, 1.54) is 6.33 Å². The van der Waals surface area contributed by atoms with Gasteiger partial charge in [0.05, 0.1) is 13.7 Å². The zero-order chi connectivity index (χ0) is 17.5. The van der Waals surface area contributed by atoms with Crippen LogP contribution in [-0.4, -0.2) is 53.7 Å². The van der Waals surface area contributed by atoms with Gasteiger partial charge in [0.1, 0.15) is 23.9 Å². The topological polar surface area (TPSA) is 73.8 Å². The number of likely N-dealkylation sites (tertiary alicyclic amines) is 1. The fourth-order valence-electron chi connectivity index (χ4n) is 2.69. The summed E-state index contributed by atoms with van der Waals surface area (Å²) in [6.45, 7) is 1.26. The first-order valence-electron chi connectivity index (χ1n) is 8.22. The van der Waals surface area contributed by atoms with Gasteiger partial charge in [-0.25, -0.2) is 9.97 Å². The average molecular weight is 343 g/mol. The highest BCUT2D eigenvalue weighted by molar-refractivity contribution is 5.77. The first-order valence-corrected chi connectivity index (χ1v) is 8.22. The number of benzene rings is 1. The average Bonchev–Trinajstić information content (AvgIpc) is 2.67. The third kappa shape index (κ3) is 4.82. The van der Waals surface area contributed by atoms with E-state index in [1.54, 1.807) is 48.5 Å². The summed E-state index contributed by atoms with van der Waals surface area (Å²) in [6.07, 6.45) is 4.81. The Kier molecular flexibility index (Phi) is 5.66. The largest absolute Gasteiger partial charge is 0.497 e. The molecular weight excluding hydrogens is 322 g/mol. The van der Waals surface area contributed by atoms with Gasteiger partial charge in [0.2, 0.25) is 5.88 Å². The van der Waals surface area contributed by atoms with Crippen LogP contribution in [-0.2, 0) is 4.79 Å². The maximum atomic E-state index is 12.4. The summed E-state index contributed by atoms with van der Waals surface area (Å²) in [6, 6.07) is 8.87. The maximum Gasteiger partial charge on any atom is 0.260 e. The number of methoxy groups -OCH3 is 1. The molecule has 2 aromatic rings. The molecule has 1 aliphatic rings. The van der Waals surface area contributed by atoms with Crippen molar-refractivity contribution in [3.05, 3.63) is 42.9 Å². The molecule has 0 aliphatic carbocycles. The van der Waals surface area contributed by atoms with Gasteiger partial charge in [0.25, 0.3) is 5.91 Å². The zero-order valence-electron chi connectivity index (χ0n) is 14.1. The minimum Gasteiger partial charge on any atom is -0.497 e. The van der Waals surface area contributed by atoms with E-state index in [9.17, 15) is 4.79 Å².